The van der Waals surface area contributed by atoms with Crippen LogP contribution in [0.1, 0.15) is 33.1 Å². The van der Waals surface area contributed by atoms with E-state index in [0.717, 1.165) is 17.9 Å². The van der Waals surface area contributed by atoms with Gasteiger partial charge in [-0.05, 0) is 38.1 Å². The monoisotopic (exact) mass is 141 g/mol. The van der Waals surface area contributed by atoms with E-state index < -0.39 is 0 Å². The van der Waals surface area contributed by atoms with Gasteiger partial charge in [0.1, 0.15) is 0 Å². The van der Waals surface area contributed by atoms with Gasteiger partial charge in [-0.1, -0.05) is 13.8 Å². The van der Waals surface area contributed by atoms with Gasteiger partial charge in [-0.15, -0.1) is 0 Å². The molecule has 10 heavy (non-hydrogen) atoms. The van der Waals surface area contributed by atoms with E-state index in [0.29, 0.717) is 0 Å². The van der Waals surface area contributed by atoms with Crippen LogP contribution in [0.5, 0.6) is 0 Å². The number of nitrogens with one attached hydrogen (secondary N) is 1. The van der Waals surface area contributed by atoms with E-state index in [1.165, 1.54) is 19.3 Å². The summed E-state index contributed by atoms with van der Waals surface area (Å²) < 4.78 is 0. The summed E-state index contributed by atoms with van der Waals surface area (Å²) in [5.41, 5.74) is 0. The van der Waals surface area contributed by atoms with Gasteiger partial charge in [0.05, 0.1) is 0 Å². The second-order valence-electron chi connectivity index (χ2n) is 3.79. The Bertz CT molecular complexity index is 101. The highest BCUT2D eigenvalue weighted by atomic mass is 14.9. The molecule has 0 radical (unpaired) electrons. The molecule has 1 aliphatic carbocycles. The van der Waals surface area contributed by atoms with Gasteiger partial charge >= 0.3 is 0 Å². The Morgan fingerprint density at radius 2 is 1.90 bits per heavy atom. The van der Waals surface area contributed by atoms with Crippen LogP contribution in [-0.2, 0) is 0 Å². The zero-order valence-electron chi connectivity index (χ0n) is 7.35. The summed E-state index contributed by atoms with van der Waals surface area (Å²) in [4.78, 5) is 0. The Morgan fingerprint density at radius 3 is 2.40 bits per heavy atom. The molecule has 0 aliphatic heterocycles. The molecule has 1 rings (SSSR count). The van der Waals surface area contributed by atoms with Crippen molar-refractivity contribution in [1.29, 1.82) is 0 Å². The molecule has 0 spiro atoms. The quantitative estimate of drug-likeness (QED) is 0.589. The molecule has 1 fully saturated rings. The highest BCUT2D eigenvalue weighted by molar-refractivity contribution is 4.79. The van der Waals surface area contributed by atoms with E-state index >= 15 is 0 Å². The Morgan fingerprint density at radius 1 is 1.20 bits per heavy atom. The van der Waals surface area contributed by atoms with Crippen LogP contribution in [-0.4, -0.2) is 13.1 Å². The third kappa shape index (κ3) is 1.72. The maximum atomic E-state index is 3.37. The van der Waals surface area contributed by atoms with Gasteiger partial charge in [-0.2, -0.15) is 0 Å². The van der Waals surface area contributed by atoms with Crippen molar-refractivity contribution in [2.24, 2.45) is 11.8 Å². The molecule has 1 aliphatic rings. The van der Waals surface area contributed by atoms with E-state index in [1.807, 2.05) is 0 Å². The Hall–Kier alpha value is -0.0400. The Labute approximate surface area is 64.2 Å². The lowest BCUT2D eigenvalue weighted by Gasteiger charge is -2.32. The largest absolute Gasteiger partial charge is 0.317 e. The predicted octanol–water partition coefficient (Wildman–Crippen LogP) is 2.03. The van der Waals surface area contributed by atoms with Crippen LogP contribution in [0, 0.1) is 11.8 Å². The summed E-state index contributed by atoms with van der Waals surface area (Å²) in [5.74, 6) is 1.84. The molecule has 1 N–H and O–H groups in total. The van der Waals surface area contributed by atoms with Crippen LogP contribution in [0.4, 0.5) is 0 Å². The smallest absolute Gasteiger partial charge is 0.00898 e. The Kier molecular flexibility index (Phi) is 2.72. The van der Waals surface area contributed by atoms with Gasteiger partial charge in [0.25, 0.3) is 0 Å². The molecule has 0 bridgehead atoms. The maximum Gasteiger partial charge on any atom is 0.00898 e. The zero-order chi connectivity index (χ0) is 7.56. The first-order valence-corrected chi connectivity index (χ1v) is 4.41. The molecule has 0 heterocycles. The van der Waals surface area contributed by atoms with Gasteiger partial charge in [-0.25, -0.2) is 0 Å². The van der Waals surface area contributed by atoms with Crippen molar-refractivity contribution in [3.8, 4) is 0 Å². The van der Waals surface area contributed by atoms with Gasteiger partial charge in [0.15, 0.2) is 0 Å². The van der Waals surface area contributed by atoms with Crippen LogP contribution in [0.3, 0.4) is 0 Å². The number of hydrogen-bond acceptors (Lipinski definition) is 1. The molecule has 1 saturated carbocycles. The minimum atomic E-state index is 0.788. The van der Waals surface area contributed by atoms with E-state index in [4.69, 9.17) is 0 Å². The summed E-state index contributed by atoms with van der Waals surface area (Å²) >= 11 is 0. The predicted molar refractivity (Wildman–Crippen MR) is 45.0 cm³/mol. The van der Waals surface area contributed by atoms with Crippen molar-refractivity contribution in [3.63, 3.8) is 0 Å². The SMILES string of the molecule is CNC1CCC(C)CC1C. The average molecular weight is 141 g/mol. The minimum absolute atomic E-state index is 0.788. The summed E-state index contributed by atoms with van der Waals surface area (Å²) in [6.45, 7) is 4.72. The molecule has 60 valence electrons. The molecule has 0 saturated heterocycles. The van der Waals surface area contributed by atoms with E-state index in [-0.39, 0.29) is 0 Å². The van der Waals surface area contributed by atoms with Crippen molar-refractivity contribution in [2.45, 2.75) is 39.2 Å². The Balaban J connectivity index is 2.36. The topological polar surface area (TPSA) is 12.0 Å². The fourth-order valence-corrected chi connectivity index (χ4v) is 2.09. The minimum Gasteiger partial charge on any atom is -0.317 e. The average Bonchev–Trinajstić information content (AvgIpc) is 1.88. The second-order valence-corrected chi connectivity index (χ2v) is 3.79. The van der Waals surface area contributed by atoms with E-state index in [2.05, 4.69) is 26.2 Å². The van der Waals surface area contributed by atoms with Crippen LogP contribution < -0.4 is 5.32 Å². The lowest BCUT2D eigenvalue weighted by atomic mass is 9.80. The summed E-state index contributed by atoms with van der Waals surface area (Å²) in [6.07, 6.45) is 4.19. The van der Waals surface area contributed by atoms with Gasteiger partial charge < -0.3 is 5.32 Å². The van der Waals surface area contributed by atoms with Crippen LogP contribution >= 0.6 is 0 Å². The molecule has 0 aromatic carbocycles. The first-order chi connectivity index (χ1) is 4.74. The first-order valence-electron chi connectivity index (χ1n) is 4.41. The van der Waals surface area contributed by atoms with Gasteiger partial charge in [-0.3, -0.25) is 0 Å². The van der Waals surface area contributed by atoms with Crippen molar-refractivity contribution < 1.29 is 0 Å². The molecule has 1 nitrogen and oxygen atoms in total. The van der Waals surface area contributed by atoms with Gasteiger partial charge in [0, 0.05) is 6.04 Å². The highest BCUT2D eigenvalue weighted by Crippen LogP contribution is 2.27. The third-order valence-electron chi connectivity index (χ3n) is 2.80. The lowest BCUT2D eigenvalue weighted by Crippen LogP contribution is -2.36. The normalized spacial score (nSPS) is 41.7. The van der Waals surface area contributed by atoms with Crippen molar-refractivity contribution in [2.75, 3.05) is 7.05 Å². The number of rotatable bonds is 1. The first kappa shape index (κ1) is 8.06. The van der Waals surface area contributed by atoms with Crippen molar-refractivity contribution >= 4 is 0 Å². The molecule has 3 atom stereocenters. The second kappa shape index (κ2) is 3.38. The van der Waals surface area contributed by atoms with E-state index in [1.54, 1.807) is 0 Å². The molecule has 1 heteroatoms. The standard InChI is InChI=1S/C9H19N/c1-7-4-5-9(10-3)8(2)6-7/h7-10H,4-6H2,1-3H3. The molecule has 0 aromatic heterocycles. The van der Waals surface area contributed by atoms with Gasteiger partial charge in [0.2, 0.25) is 0 Å². The molecular weight excluding hydrogens is 122 g/mol. The maximum absolute atomic E-state index is 3.37. The van der Waals surface area contributed by atoms with Crippen LogP contribution in [0.15, 0.2) is 0 Å². The highest BCUT2D eigenvalue weighted by Gasteiger charge is 2.23. The van der Waals surface area contributed by atoms with E-state index in [9.17, 15) is 0 Å². The summed E-state index contributed by atoms with van der Waals surface area (Å²) in [6, 6.07) is 0.788. The van der Waals surface area contributed by atoms with Crippen molar-refractivity contribution in [1.82, 2.24) is 5.32 Å². The molecule has 3 unspecified atom stereocenters. The summed E-state index contributed by atoms with van der Waals surface area (Å²) in [5, 5.41) is 3.37. The van der Waals surface area contributed by atoms with Crippen LogP contribution in [0.25, 0.3) is 0 Å². The van der Waals surface area contributed by atoms with Crippen LogP contribution in [0.2, 0.25) is 0 Å². The van der Waals surface area contributed by atoms with Crippen molar-refractivity contribution in [3.05, 3.63) is 0 Å². The molecule has 0 aromatic rings. The molecular formula is C9H19N. The number of hydrogen-bond donors (Lipinski definition) is 1. The molecule has 0 amide bonds. The summed E-state index contributed by atoms with van der Waals surface area (Å²) in [7, 11) is 2.08. The zero-order valence-corrected chi connectivity index (χ0v) is 7.35. The lowest BCUT2D eigenvalue weighted by molar-refractivity contribution is 0.237. The fraction of sp³-hybridized carbons (Fsp3) is 1.00. The fourth-order valence-electron chi connectivity index (χ4n) is 2.09. The third-order valence-corrected chi connectivity index (χ3v) is 2.80.